The van der Waals surface area contributed by atoms with Gasteiger partial charge in [0.15, 0.2) is 0 Å². The van der Waals surface area contributed by atoms with Crippen molar-refractivity contribution in [1.82, 2.24) is 4.31 Å². The van der Waals surface area contributed by atoms with Crippen molar-refractivity contribution in [3.8, 4) is 0 Å². The predicted molar refractivity (Wildman–Crippen MR) is 109 cm³/mol. The third-order valence-corrected chi connectivity index (χ3v) is 7.28. The molecule has 0 bridgehead atoms. The molecule has 0 amide bonds. The van der Waals surface area contributed by atoms with Crippen LogP contribution in [0.15, 0.2) is 54.6 Å². The van der Waals surface area contributed by atoms with Crippen molar-refractivity contribution in [2.75, 3.05) is 6.54 Å². The van der Waals surface area contributed by atoms with E-state index in [2.05, 4.69) is 0 Å². The normalized spacial score (nSPS) is 19.9. The SMILES string of the molecule is O=C(O)C1CCC(CN(Cc2ccc(F)cc2)S(=O)(=O)Cc2ccccc2)CC1. The van der Waals surface area contributed by atoms with Crippen LogP contribution in [0, 0.1) is 17.7 Å². The molecule has 0 aromatic heterocycles. The maximum atomic E-state index is 13.2. The second-order valence-electron chi connectivity index (χ2n) is 7.72. The van der Waals surface area contributed by atoms with Gasteiger partial charge >= 0.3 is 5.97 Å². The standard InChI is InChI=1S/C22H26FNO4S/c23-21-12-8-18(9-13-21)15-24(14-17-6-10-20(11-7-17)22(25)26)29(27,28)16-19-4-2-1-3-5-19/h1-5,8-9,12-13,17,20H,6-7,10-11,14-16H2,(H,25,26). The van der Waals surface area contributed by atoms with E-state index in [-0.39, 0.29) is 30.0 Å². The van der Waals surface area contributed by atoms with Crippen LogP contribution in [0.25, 0.3) is 0 Å². The summed E-state index contributed by atoms with van der Waals surface area (Å²) in [6, 6.07) is 14.9. The van der Waals surface area contributed by atoms with E-state index in [1.165, 1.54) is 16.4 Å². The Kier molecular flexibility index (Phi) is 7.03. The van der Waals surface area contributed by atoms with Gasteiger partial charge in [-0.25, -0.2) is 12.8 Å². The molecule has 2 aromatic carbocycles. The van der Waals surface area contributed by atoms with E-state index in [0.29, 0.717) is 37.8 Å². The average Bonchev–Trinajstić information content (AvgIpc) is 2.70. The summed E-state index contributed by atoms with van der Waals surface area (Å²) < 4.78 is 41.1. The summed E-state index contributed by atoms with van der Waals surface area (Å²) in [6.07, 6.45) is 2.53. The quantitative estimate of drug-likeness (QED) is 0.701. The largest absolute Gasteiger partial charge is 0.481 e. The van der Waals surface area contributed by atoms with E-state index in [0.717, 1.165) is 5.56 Å². The lowest BCUT2D eigenvalue weighted by Gasteiger charge is -2.31. The molecular formula is C22H26FNO4S. The summed E-state index contributed by atoms with van der Waals surface area (Å²) in [6.45, 7) is 0.521. The third-order valence-electron chi connectivity index (χ3n) is 5.52. The Bertz CT molecular complexity index is 908. The second kappa shape index (κ2) is 9.50. The number of hydrogen-bond acceptors (Lipinski definition) is 3. The molecule has 0 saturated heterocycles. The van der Waals surface area contributed by atoms with Crippen LogP contribution in [-0.4, -0.2) is 30.3 Å². The molecule has 1 aliphatic rings. The Morgan fingerprint density at radius 2 is 1.59 bits per heavy atom. The molecule has 0 radical (unpaired) electrons. The number of halogens is 1. The minimum atomic E-state index is -3.59. The molecule has 1 N–H and O–H groups in total. The number of sulfonamides is 1. The van der Waals surface area contributed by atoms with Crippen LogP contribution < -0.4 is 0 Å². The van der Waals surface area contributed by atoms with E-state index in [1.807, 2.05) is 18.2 Å². The minimum absolute atomic E-state index is 0.0977. The van der Waals surface area contributed by atoms with E-state index in [1.54, 1.807) is 24.3 Å². The summed E-state index contributed by atoms with van der Waals surface area (Å²) in [5.41, 5.74) is 1.44. The van der Waals surface area contributed by atoms with Gasteiger partial charge in [0.25, 0.3) is 0 Å². The first kappa shape index (κ1) is 21.5. The van der Waals surface area contributed by atoms with Crippen LogP contribution in [-0.2, 0) is 27.1 Å². The third kappa shape index (κ3) is 6.11. The van der Waals surface area contributed by atoms with E-state index in [9.17, 15) is 22.7 Å². The van der Waals surface area contributed by atoms with Gasteiger partial charge in [-0.3, -0.25) is 4.79 Å². The van der Waals surface area contributed by atoms with Crippen molar-refractivity contribution >= 4 is 16.0 Å². The highest BCUT2D eigenvalue weighted by molar-refractivity contribution is 7.88. The number of carboxylic acid groups (broad SMARTS) is 1. The lowest BCUT2D eigenvalue weighted by atomic mass is 9.82. The van der Waals surface area contributed by atoms with Crippen LogP contribution in [0.3, 0.4) is 0 Å². The zero-order valence-corrected chi connectivity index (χ0v) is 17.0. The number of benzene rings is 2. The van der Waals surface area contributed by atoms with Crippen molar-refractivity contribution in [2.45, 2.75) is 38.0 Å². The molecule has 3 rings (SSSR count). The fourth-order valence-corrected chi connectivity index (χ4v) is 5.41. The molecule has 29 heavy (non-hydrogen) atoms. The van der Waals surface area contributed by atoms with Gasteiger partial charge in [0.2, 0.25) is 10.0 Å². The summed E-state index contributed by atoms with van der Waals surface area (Å²) in [5.74, 6) is -1.45. The van der Waals surface area contributed by atoms with Gasteiger partial charge in [-0.2, -0.15) is 4.31 Å². The van der Waals surface area contributed by atoms with Crippen LogP contribution in [0.1, 0.15) is 36.8 Å². The Morgan fingerprint density at radius 1 is 0.966 bits per heavy atom. The highest BCUT2D eigenvalue weighted by Gasteiger charge is 2.30. The van der Waals surface area contributed by atoms with Gasteiger partial charge in [-0.05, 0) is 54.9 Å². The Hall–Kier alpha value is -2.25. The van der Waals surface area contributed by atoms with Crippen molar-refractivity contribution in [3.05, 3.63) is 71.5 Å². The lowest BCUT2D eigenvalue weighted by molar-refractivity contribution is -0.143. The molecule has 0 spiro atoms. The van der Waals surface area contributed by atoms with Crippen LogP contribution >= 0.6 is 0 Å². The summed E-state index contributed by atoms with van der Waals surface area (Å²) in [7, 11) is -3.59. The van der Waals surface area contributed by atoms with E-state index < -0.39 is 16.0 Å². The zero-order chi connectivity index (χ0) is 20.9. The van der Waals surface area contributed by atoms with E-state index in [4.69, 9.17) is 0 Å². The van der Waals surface area contributed by atoms with Gasteiger partial charge in [0, 0.05) is 13.1 Å². The van der Waals surface area contributed by atoms with Crippen LogP contribution in [0.2, 0.25) is 0 Å². The molecule has 0 heterocycles. The average molecular weight is 420 g/mol. The monoisotopic (exact) mass is 419 g/mol. The molecule has 7 heteroatoms. The van der Waals surface area contributed by atoms with Crippen molar-refractivity contribution in [2.24, 2.45) is 11.8 Å². The molecule has 0 atom stereocenters. The van der Waals surface area contributed by atoms with Crippen molar-refractivity contribution < 1.29 is 22.7 Å². The number of carbonyl (C=O) groups is 1. The molecule has 1 aliphatic carbocycles. The van der Waals surface area contributed by atoms with Gasteiger partial charge in [0.1, 0.15) is 5.82 Å². The lowest BCUT2D eigenvalue weighted by Crippen LogP contribution is -2.37. The molecule has 1 fully saturated rings. The number of nitrogens with zero attached hydrogens (tertiary/aromatic N) is 1. The topological polar surface area (TPSA) is 74.7 Å². The first-order chi connectivity index (χ1) is 13.8. The number of carboxylic acids is 1. The summed E-state index contributed by atoms with van der Waals surface area (Å²) in [5, 5.41) is 9.18. The van der Waals surface area contributed by atoms with Crippen LogP contribution in [0.4, 0.5) is 4.39 Å². The van der Waals surface area contributed by atoms with Gasteiger partial charge in [-0.15, -0.1) is 0 Å². The smallest absolute Gasteiger partial charge is 0.306 e. The fourth-order valence-electron chi connectivity index (χ4n) is 3.83. The molecule has 1 saturated carbocycles. The van der Waals surface area contributed by atoms with Gasteiger partial charge in [-0.1, -0.05) is 42.5 Å². The fraction of sp³-hybridized carbons (Fsp3) is 0.409. The Morgan fingerprint density at radius 3 is 2.17 bits per heavy atom. The van der Waals surface area contributed by atoms with Crippen LogP contribution in [0.5, 0.6) is 0 Å². The predicted octanol–water partition coefficient (Wildman–Crippen LogP) is 4.05. The molecule has 0 unspecified atom stereocenters. The number of hydrogen-bond donors (Lipinski definition) is 1. The summed E-state index contributed by atoms with van der Waals surface area (Å²) >= 11 is 0. The maximum Gasteiger partial charge on any atom is 0.306 e. The highest BCUT2D eigenvalue weighted by atomic mass is 32.2. The summed E-state index contributed by atoms with van der Waals surface area (Å²) in [4.78, 5) is 11.2. The Balaban J connectivity index is 1.75. The first-order valence-electron chi connectivity index (χ1n) is 9.82. The zero-order valence-electron chi connectivity index (χ0n) is 16.2. The molecule has 2 aromatic rings. The van der Waals surface area contributed by atoms with Crippen molar-refractivity contribution in [3.63, 3.8) is 0 Å². The molecular weight excluding hydrogens is 393 g/mol. The highest BCUT2D eigenvalue weighted by Crippen LogP contribution is 2.31. The first-order valence-corrected chi connectivity index (χ1v) is 11.4. The van der Waals surface area contributed by atoms with Gasteiger partial charge in [0.05, 0.1) is 11.7 Å². The molecule has 0 aliphatic heterocycles. The van der Waals surface area contributed by atoms with Crippen molar-refractivity contribution in [1.29, 1.82) is 0 Å². The number of aliphatic carboxylic acids is 1. The van der Waals surface area contributed by atoms with Gasteiger partial charge < -0.3 is 5.11 Å². The van der Waals surface area contributed by atoms with E-state index >= 15 is 0 Å². The second-order valence-corrected chi connectivity index (χ2v) is 9.69. The number of rotatable bonds is 8. The Labute approximate surface area is 171 Å². The molecule has 5 nitrogen and oxygen atoms in total. The molecule has 156 valence electrons. The maximum absolute atomic E-state index is 13.2. The minimum Gasteiger partial charge on any atom is -0.481 e.